The summed E-state index contributed by atoms with van der Waals surface area (Å²) in [5.74, 6) is -0.672. The first-order chi connectivity index (χ1) is 12.4. The molecule has 148 valence electrons. The van der Waals surface area contributed by atoms with Crippen LogP contribution in [0.2, 0.25) is 0 Å². The Morgan fingerprint density at radius 1 is 0.963 bits per heavy atom. The Bertz CT molecular complexity index is 674. The molecule has 7 heteroatoms. The van der Waals surface area contributed by atoms with Crippen LogP contribution in [0.5, 0.6) is 0 Å². The lowest BCUT2D eigenvalue weighted by molar-refractivity contribution is -0.162. The summed E-state index contributed by atoms with van der Waals surface area (Å²) in [5, 5.41) is 11.4. The summed E-state index contributed by atoms with van der Waals surface area (Å²) in [4.78, 5) is 15.0. The normalized spacial score (nSPS) is 11.2. The fourth-order valence-electron chi connectivity index (χ4n) is 2.70. The van der Waals surface area contributed by atoms with Crippen molar-refractivity contribution >= 4 is 50.2 Å². The Balaban J connectivity index is 0.00000364. The largest absolute Gasteiger partial charge is 0.462 e. The number of likely N-dealkylation sites (N-methyl/N-ethyl adjacent to an activating group) is 1. The lowest BCUT2D eigenvalue weighted by Crippen LogP contribution is -2.40. The van der Waals surface area contributed by atoms with Gasteiger partial charge in [0.25, 0.3) is 0 Å². The van der Waals surface area contributed by atoms with Gasteiger partial charge in [-0.05, 0) is 48.5 Å². The van der Waals surface area contributed by atoms with E-state index >= 15 is 0 Å². The molecule has 0 bridgehead atoms. The fourth-order valence-corrected chi connectivity index (χ4v) is 3.22. The van der Waals surface area contributed by atoms with Crippen LogP contribution in [0.25, 0.3) is 0 Å². The average molecular weight is 522 g/mol. The van der Waals surface area contributed by atoms with E-state index in [4.69, 9.17) is 4.74 Å². The van der Waals surface area contributed by atoms with Crippen molar-refractivity contribution in [2.24, 2.45) is 0 Å². The molecule has 4 nitrogen and oxygen atoms in total. The monoisotopic (exact) mass is 519 g/mol. The number of carbonyl (C=O) groups excluding carboxylic acids is 1. The summed E-state index contributed by atoms with van der Waals surface area (Å²) in [7, 11) is 0. The minimum absolute atomic E-state index is 0. The van der Waals surface area contributed by atoms with Gasteiger partial charge in [-0.1, -0.05) is 70.0 Å². The molecule has 0 aliphatic carbocycles. The van der Waals surface area contributed by atoms with Crippen LogP contribution in [0.3, 0.4) is 0 Å². The van der Waals surface area contributed by atoms with E-state index in [0.717, 1.165) is 22.0 Å². The van der Waals surface area contributed by atoms with Crippen LogP contribution in [-0.4, -0.2) is 42.2 Å². The van der Waals surface area contributed by atoms with Crippen molar-refractivity contribution < 1.29 is 14.6 Å². The average Bonchev–Trinajstić information content (AvgIpc) is 2.65. The van der Waals surface area contributed by atoms with E-state index in [1.165, 1.54) is 0 Å². The van der Waals surface area contributed by atoms with Crippen LogP contribution >= 0.6 is 44.3 Å². The summed E-state index contributed by atoms with van der Waals surface area (Å²) in [6.45, 7) is 6.76. The predicted octanol–water partition coefficient (Wildman–Crippen LogP) is 4.75. The van der Waals surface area contributed by atoms with Crippen molar-refractivity contribution in [3.63, 3.8) is 0 Å². The van der Waals surface area contributed by atoms with Crippen LogP contribution in [0.4, 0.5) is 0 Å². The van der Waals surface area contributed by atoms with Gasteiger partial charge in [0, 0.05) is 15.5 Å². The molecule has 0 atom stereocenters. The zero-order valence-corrected chi connectivity index (χ0v) is 19.3. The summed E-state index contributed by atoms with van der Waals surface area (Å²) < 4.78 is 7.20. The Hall–Kier alpha value is -0.920. The number of ether oxygens (including phenoxy) is 1. The van der Waals surface area contributed by atoms with Crippen LogP contribution < -0.4 is 0 Å². The lowest BCUT2D eigenvalue weighted by atomic mass is 9.86. The first kappa shape index (κ1) is 24.1. The molecule has 0 aromatic heterocycles. The summed E-state index contributed by atoms with van der Waals surface area (Å²) in [6, 6.07) is 14.1. The summed E-state index contributed by atoms with van der Waals surface area (Å²) >= 11 is 6.76. The minimum Gasteiger partial charge on any atom is -0.462 e. The van der Waals surface area contributed by atoms with Crippen molar-refractivity contribution in [3.8, 4) is 0 Å². The third kappa shape index (κ3) is 6.03. The minimum atomic E-state index is -1.86. The molecule has 0 aliphatic rings. The van der Waals surface area contributed by atoms with Crippen molar-refractivity contribution in [3.05, 3.63) is 68.6 Å². The highest BCUT2D eigenvalue weighted by Crippen LogP contribution is 2.32. The highest BCUT2D eigenvalue weighted by molar-refractivity contribution is 9.10. The van der Waals surface area contributed by atoms with Crippen LogP contribution in [0, 0.1) is 0 Å². The number of nitrogens with zero attached hydrogens (tertiary/aromatic N) is 1. The highest BCUT2D eigenvalue weighted by atomic mass is 79.9. The van der Waals surface area contributed by atoms with E-state index in [1.807, 2.05) is 0 Å². The molecule has 2 rings (SSSR count). The maximum absolute atomic E-state index is 12.9. The molecule has 0 fully saturated rings. The van der Waals surface area contributed by atoms with Gasteiger partial charge in [-0.15, -0.1) is 12.4 Å². The van der Waals surface area contributed by atoms with E-state index in [2.05, 4.69) is 50.6 Å². The molecule has 2 aromatic rings. The first-order valence-corrected chi connectivity index (χ1v) is 10.1. The van der Waals surface area contributed by atoms with E-state index in [1.54, 1.807) is 48.5 Å². The van der Waals surface area contributed by atoms with Gasteiger partial charge in [-0.25, -0.2) is 4.79 Å². The highest BCUT2D eigenvalue weighted by Gasteiger charge is 2.41. The van der Waals surface area contributed by atoms with Gasteiger partial charge >= 0.3 is 5.97 Å². The molecule has 27 heavy (non-hydrogen) atoms. The molecule has 0 saturated heterocycles. The summed E-state index contributed by atoms with van der Waals surface area (Å²) in [6.07, 6.45) is 0. The number of rotatable bonds is 8. The Labute approximate surface area is 183 Å². The zero-order chi connectivity index (χ0) is 19.2. The SMILES string of the molecule is CCN(CC)CCOC(=O)C(O)(c1ccc(Br)cc1)c1ccc(Br)cc1.Cl. The molecule has 0 spiro atoms. The third-order valence-electron chi connectivity index (χ3n) is 4.35. The van der Waals surface area contributed by atoms with Crippen LogP contribution in [-0.2, 0) is 15.1 Å². The molecule has 0 radical (unpaired) electrons. The molecular formula is C20H24Br2ClNO3. The second-order valence-electron chi connectivity index (χ2n) is 5.89. The van der Waals surface area contributed by atoms with Gasteiger partial charge < -0.3 is 14.7 Å². The summed E-state index contributed by atoms with van der Waals surface area (Å²) in [5.41, 5.74) is -0.920. The first-order valence-electron chi connectivity index (χ1n) is 8.55. The molecule has 1 N–H and O–H groups in total. The molecular weight excluding hydrogens is 497 g/mol. The second kappa shape index (κ2) is 11.2. The van der Waals surface area contributed by atoms with Crippen LogP contribution in [0.15, 0.2) is 57.5 Å². The quantitative estimate of drug-likeness (QED) is 0.510. The molecule has 0 heterocycles. The van der Waals surface area contributed by atoms with Crippen LogP contribution in [0.1, 0.15) is 25.0 Å². The maximum Gasteiger partial charge on any atom is 0.347 e. The third-order valence-corrected chi connectivity index (χ3v) is 5.41. The number of hydrogen-bond donors (Lipinski definition) is 1. The molecule has 0 saturated carbocycles. The number of esters is 1. The number of benzene rings is 2. The maximum atomic E-state index is 12.9. The van der Waals surface area contributed by atoms with Crippen molar-refractivity contribution in [1.82, 2.24) is 4.90 Å². The number of carbonyl (C=O) groups is 1. The van der Waals surface area contributed by atoms with Crippen molar-refractivity contribution in [2.75, 3.05) is 26.2 Å². The Morgan fingerprint density at radius 2 is 1.37 bits per heavy atom. The fraction of sp³-hybridized carbons (Fsp3) is 0.350. The van der Waals surface area contributed by atoms with E-state index < -0.39 is 11.6 Å². The van der Waals surface area contributed by atoms with E-state index in [-0.39, 0.29) is 19.0 Å². The number of aliphatic hydroxyl groups is 1. The van der Waals surface area contributed by atoms with E-state index in [0.29, 0.717) is 17.7 Å². The Kier molecular flexibility index (Phi) is 9.98. The molecule has 2 aromatic carbocycles. The van der Waals surface area contributed by atoms with Gasteiger partial charge in [0.15, 0.2) is 0 Å². The van der Waals surface area contributed by atoms with Gasteiger partial charge in [0.1, 0.15) is 6.61 Å². The van der Waals surface area contributed by atoms with Gasteiger partial charge in [-0.3, -0.25) is 0 Å². The zero-order valence-electron chi connectivity index (χ0n) is 15.3. The molecule has 0 amide bonds. The lowest BCUT2D eigenvalue weighted by Gasteiger charge is -2.28. The van der Waals surface area contributed by atoms with E-state index in [9.17, 15) is 9.90 Å². The predicted molar refractivity (Wildman–Crippen MR) is 117 cm³/mol. The smallest absolute Gasteiger partial charge is 0.347 e. The van der Waals surface area contributed by atoms with Gasteiger partial charge in [0.05, 0.1) is 0 Å². The van der Waals surface area contributed by atoms with Gasteiger partial charge in [-0.2, -0.15) is 0 Å². The van der Waals surface area contributed by atoms with Crippen molar-refractivity contribution in [1.29, 1.82) is 0 Å². The molecule has 0 aliphatic heterocycles. The van der Waals surface area contributed by atoms with Gasteiger partial charge in [0.2, 0.25) is 5.60 Å². The number of hydrogen-bond acceptors (Lipinski definition) is 4. The topological polar surface area (TPSA) is 49.8 Å². The second-order valence-corrected chi connectivity index (χ2v) is 7.72. The molecule has 0 unspecified atom stereocenters. The number of halogens is 3. The standard InChI is InChI=1S/C20H23Br2NO3.ClH/c1-3-23(4-2)13-14-26-19(24)20(25,15-5-9-17(21)10-6-15)16-7-11-18(22)12-8-16;/h5-12,25H,3-4,13-14H2,1-2H3;1H. The Morgan fingerprint density at radius 3 is 1.74 bits per heavy atom. The van der Waals surface area contributed by atoms with Crippen molar-refractivity contribution in [2.45, 2.75) is 19.4 Å².